The van der Waals surface area contributed by atoms with E-state index in [2.05, 4.69) is 9.97 Å². The predicted molar refractivity (Wildman–Crippen MR) is 96.7 cm³/mol. The number of benzene rings is 1. The molecule has 1 aliphatic heterocycles. The third kappa shape index (κ3) is 2.70. The topological polar surface area (TPSA) is 92.0 Å². The fourth-order valence-corrected chi connectivity index (χ4v) is 3.89. The summed E-state index contributed by atoms with van der Waals surface area (Å²) in [5.41, 5.74) is 0.00818. The van der Waals surface area contributed by atoms with Crippen LogP contribution in [0.15, 0.2) is 45.2 Å². The van der Waals surface area contributed by atoms with Gasteiger partial charge in [0.25, 0.3) is 5.56 Å². The first kappa shape index (κ1) is 16.8. The number of halogens is 1. The van der Waals surface area contributed by atoms with Crippen LogP contribution in [0.2, 0.25) is 5.02 Å². The van der Waals surface area contributed by atoms with Crippen molar-refractivity contribution in [3.05, 3.63) is 72.6 Å². The zero-order valence-electron chi connectivity index (χ0n) is 14.3. The van der Waals surface area contributed by atoms with Crippen molar-refractivity contribution in [2.24, 2.45) is 5.41 Å². The number of Topliss-reactive ketones (excluding diaryl/α,β-unsaturated/α-hetero) is 1. The molecule has 1 unspecified atom stereocenters. The van der Waals surface area contributed by atoms with Crippen molar-refractivity contribution in [1.82, 2.24) is 9.97 Å². The maximum atomic E-state index is 12.9. The summed E-state index contributed by atoms with van der Waals surface area (Å²) in [5.74, 6) is -0.0365. The number of allylic oxidation sites excluding steroid dienone is 2. The Morgan fingerprint density at radius 2 is 1.77 bits per heavy atom. The van der Waals surface area contributed by atoms with Gasteiger partial charge in [-0.25, -0.2) is 4.79 Å². The summed E-state index contributed by atoms with van der Waals surface area (Å²) in [4.78, 5) is 42.0. The molecule has 0 bridgehead atoms. The standard InChI is InChI=1S/C19H17ClN2O4/c1-19(2)7-11(23)14-12(8-19)26-17-15(16(24)21-18(25)22-17)13(14)9-3-5-10(20)6-4-9/h3-6,13H,7-8H2,1-2H3,(H2,21,22,24,25). The van der Waals surface area contributed by atoms with E-state index < -0.39 is 17.2 Å². The number of aromatic nitrogens is 2. The average Bonchev–Trinajstić information content (AvgIpc) is 2.52. The molecule has 2 aliphatic rings. The van der Waals surface area contributed by atoms with Crippen LogP contribution in [0.5, 0.6) is 5.88 Å². The monoisotopic (exact) mass is 372 g/mol. The van der Waals surface area contributed by atoms with Crippen LogP contribution in [-0.2, 0) is 4.79 Å². The highest BCUT2D eigenvalue weighted by molar-refractivity contribution is 6.30. The fourth-order valence-electron chi connectivity index (χ4n) is 3.76. The number of hydrogen-bond donors (Lipinski definition) is 2. The minimum absolute atomic E-state index is 0.0487. The summed E-state index contributed by atoms with van der Waals surface area (Å²) in [6, 6.07) is 6.99. The number of H-pyrrole nitrogens is 2. The molecule has 0 fully saturated rings. The van der Waals surface area contributed by atoms with E-state index in [0.717, 1.165) is 5.56 Å². The summed E-state index contributed by atoms with van der Waals surface area (Å²) >= 11 is 5.99. The molecule has 1 aromatic carbocycles. The lowest BCUT2D eigenvalue weighted by Crippen LogP contribution is -2.37. The summed E-state index contributed by atoms with van der Waals surface area (Å²) in [6.07, 6.45) is 0.919. The molecule has 2 heterocycles. The molecule has 0 amide bonds. The molecule has 134 valence electrons. The Morgan fingerprint density at radius 3 is 2.46 bits per heavy atom. The van der Waals surface area contributed by atoms with E-state index in [0.29, 0.717) is 29.2 Å². The lowest BCUT2D eigenvalue weighted by Gasteiger charge is -2.37. The van der Waals surface area contributed by atoms with Crippen molar-refractivity contribution >= 4 is 17.4 Å². The number of rotatable bonds is 1. The van der Waals surface area contributed by atoms with Gasteiger partial charge in [-0.2, -0.15) is 0 Å². The summed E-state index contributed by atoms with van der Waals surface area (Å²) in [7, 11) is 0. The molecule has 0 saturated heterocycles. The van der Waals surface area contributed by atoms with Crippen LogP contribution in [0.4, 0.5) is 0 Å². The highest BCUT2D eigenvalue weighted by Gasteiger charge is 2.43. The molecule has 4 rings (SSSR count). The summed E-state index contributed by atoms with van der Waals surface area (Å²) < 4.78 is 5.84. The first-order valence-corrected chi connectivity index (χ1v) is 8.69. The van der Waals surface area contributed by atoms with Crippen LogP contribution < -0.4 is 16.0 Å². The lowest BCUT2D eigenvalue weighted by molar-refractivity contribution is -0.118. The molecule has 1 atom stereocenters. The van der Waals surface area contributed by atoms with Crippen LogP contribution in [0.1, 0.15) is 43.7 Å². The third-order valence-corrected chi connectivity index (χ3v) is 5.08. The van der Waals surface area contributed by atoms with Gasteiger partial charge in [-0.05, 0) is 23.1 Å². The van der Waals surface area contributed by atoms with E-state index in [4.69, 9.17) is 16.3 Å². The van der Waals surface area contributed by atoms with Crippen molar-refractivity contribution in [3.63, 3.8) is 0 Å². The first-order chi connectivity index (χ1) is 12.2. The Balaban J connectivity index is 2.00. The maximum Gasteiger partial charge on any atom is 0.328 e. The van der Waals surface area contributed by atoms with Gasteiger partial charge in [0.05, 0.1) is 11.5 Å². The second kappa shape index (κ2) is 5.71. The summed E-state index contributed by atoms with van der Waals surface area (Å²) in [5, 5.41) is 0.557. The van der Waals surface area contributed by atoms with Crippen molar-refractivity contribution in [2.75, 3.05) is 0 Å². The van der Waals surface area contributed by atoms with E-state index in [1.165, 1.54) is 0 Å². The van der Waals surface area contributed by atoms with Crippen molar-refractivity contribution in [3.8, 4) is 5.88 Å². The van der Waals surface area contributed by atoms with Gasteiger partial charge in [-0.3, -0.25) is 19.6 Å². The van der Waals surface area contributed by atoms with Crippen LogP contribution in [0, 0.1) is 5.41 Å². The van der Waals surface area contributed by atoms with Gasteiger partial charge in [0.15, 0.2) is 5.78 Å². The van der Waals surface area contributed by atoms with Gasteiger partial charge in [0.2, 0.25) is 5.88 Å². The first-order valence-electron chi connectivity index (χ1n) is 8.31. The van der Waals surface area contributed by atoms with Crippen molar-refractivity contribution in [2.45, 2.75) is 32.6 Å². The van der Waals surface area contributed by atoms with Gasteiger partial charge >= 0.3 is 5.69 Å². The van der Waals surface area contributed by atoms with Crippen LogP contribution in [0.3, 0.4) is 0 Å². The van der Waals surface area contributed by atoms with E-state index in [-0.39, 0.29) is 22.6 Å². The molecule has 26 heavy (non-hydrogen) atoms. The van der Waals surface area contributed by atoms with Crippen LogP contribution in [-0.4, -0.2) is 15.8 Å². The molecule has 0 saturated carbocycles. The largest absolute Gasteiger partial charge is 0.444 e. The highest BCUT2D eigenvalue weighted by atomic mass is 35.5. The van der Waals surface area contributed by atoms with Crippen LogP contribution in [0.25, 0.3) is 0 Å². The van der Waals surface area contributed by atoms with E-state index in [1.54, 1.807) is 24.3 Å². The zero-order chi connectivity index (χ0) is 18.6. The molecule has 1 aliphatic carbocycles. The van der Waals surface area contributed by atoms with Gasteiger partial charge in [0.1, 0.15) is 5.76 Å². The van der Waals surface area contributed by atoms with Crippen molar-refractivity contribution < 1.29 is 9.53 Å². The van der Waals surface area contributed by atoms with Gasteiger partial charge in [-0.15, -0.1) is 0 Å². The molecule has 2 aromatic rings. The number of aromatic amines is 2. The van der Waals surface area contributed by atoms with Gasteiger partial charge < -0.3 is 4.74 Å². The second-order valence-electron chi connectivity index (χ2n) is 7.52. The molecular weight excluding hydrogens is 356 g/mol. The minimum Gasteiger partial charge on any atom is -0.444 e. The van der Waals surface area contributed by atoms with Crippen molar-refractivity contribution in [1.29, 1.82) is 0 Å². The van der Waals surface area contributed by atoms with E-state index in [9.17, 15) is 14.4 Å². The Morgan fingerprint density at radius 1 is 1.08 bits per heavy atom. The number of ketones is 1. The Bertz CT molecular complexity index is 1060. The number of hydrogen-bond acceptors (Lipinski definition) is 4. The highest BCUT2D eigenvalue weighted by Crippen LogP contribution is 2.48. The second-order valence-corrected chi connectivity index (χ2v) is 7.95. The quantitative estimate of drug-likeness (QED) is 0.805. The number of carbonyl (C=O) groups excluding carboxylic acids is 1. The lowest BCUT2D eigenvalue weighted by atomic mass is 9.70. The maximum absolute atomic E-state index is 12.9. The SMILES string of the molecule is CC1(C)CC(=O)C2=C(C1)Oc1[nH]c(=O)[nH]c(=O)c1C2c1ccc(Cl)cc1. The van der Waals surface area contributed by atoms with Gasteiger partial charge in [0, 0.05) is 23.4 Å². The zero-order valence-corrected chi connectivity index (χ0v) is 15.1. The number of fused-ring (bicyclic) bond motifs is 1. The molecular formula is C19H17ClN2O4. The molecule has 7 heteroatoms. The number of nitrogens with one attached hydrogen (secondary N) is 2. The average molecular weight is 373 g/mol. The minimum atomic E-state index is -0.644. The summed E-state index contributed by atoms with van der Waals surface area (Å²) in [6.45, 7) is 3.98. The number of ether oxygens (including phenoxy) is 1. The third-order valence-electron chi connectivity index (χ3n) is 4.83. The normalized spacial score (nSPS) is 21.0. The molecule has 6 nitrogen and oxygen atoms in total. The Kier molecular flexibility index (Phi) is 3.70. The molecule has 1 aromatic heterocycles. The Labute approximate surface area is 153 Å². The molecule has 2 N–H and O–H groups in total. The van der Waals surface area contributed by atoms with E-state index >= 15 is 0 Å². The fraction of sp³-hybridized carbons (Fsp3) is 0.316. The molecule has 0 radical (unpaired) electrons. The van der Waals surface area contributed by atoms with Crippen LogP contribution >= 0.6 is 11.6 Å². The number of carbonyl (C=O) groups is 1. The smallest absolute Gasteiger partial charge is 0.328 e. The van der Waals surface area contributed by atoms with E-state index in [1.807, 2.05) is 13.8 Å². The predicted octanol–water partition coefficient (Wildman–Crippen LogP) is 2.88. The Hall–Kier alpha value is -2.60. The van der Waals surface area contributed by atoms with Gasteiger partial charge in [-0.1, -0.05) is 37.6 Å². The molecule has 0 spiro atoms.